The third kappa shape index (κ3) is 5.07. The van der Waals surface area contributed by atoms with E-state index in [4.69, 9.17) is 26.8 Å². The summed E-state index contributed by atoms with van der Waals surface area (Å²) in [5.41, 5.74) is 1.53. The van der Waals surface area contributed by atoms with Gasteiger partial charge in [-0.25, -0.2) is 13.6 Å². The first-order valence-electron chi connectivity index (χ1n) is 7.67. The third-order valence-electron chi connectivity index (χ3n) is 3.69. The molecule has 0 spiro atoms. The normalized spacial score (nSPS) is 12.2. The van der Waals surface area contributed by atoms with E-state index in [9.17, 15) is 8.42 Å². The van der Waals surface area contributed by atoms with Crippen molar-refractivity contribution in [3.05, 3.63) is 48.0 Å². The summed E-state index contributed by atoms with van der Waals surface area (Å²) in [7, 11) is -0.522. The number of anilines is 1. The van der Waals surface area contributed by atoms with Crippen LogP contribution in [0.1, 0.15) is 18.5 Å². The molecule has 0 unspecified atom stereocenters. The van der Waals surface area contributed by atoms with E-state index < -0.39 is 10.0 Å². The standard InChI is InChI=1S/C17H21N3O4S2/c1-11(15-10-13(23-2)6-9-16(15)24-3)19-17(25)20-12-4-7-14(8-5-12)26(18,21)22/h4-11H,1-3H3,(H2,18,21,22)(H2,19,20,25)/t11-/m0/s1. The van der Waals surface area contributed by atoms with Crippen molar-refractivity contribution >= 4 is 33.0 Å². The van der Waals surface area contributed by atoms with Crippen molar-refractivity contribution in [3.63, 3.8) is 0 Å². The van der Waals surface area contributed by atoms with Gasteiger partial charge in [0.25, 0.3) is 0 Å². The quantitative estimate of drug-likeness (QED) is 0.645. The maximum absolute atomic E-state index is 11.3. The van der Waals surface area contributed by atoms with Gasteiger partial charge in [0.1, 0.15) is 11.5 Å². The fourth-order valence-electron chi connectivity index (χ4n) is 2.35. The summed E-state index contributed by atoms with van der Waals surface area (Å²) in [4.78, 5) is 0.0383. The van der Waals surface area contributed by atoms with Crippen molar-refractivity contribution in [2.24, 2.45) is 5.14 Å². The lowest BCUT2D eigenvalue weighted by molar-refractivity contribution is 0.395. The first kappa shape index (κ1) is 20.0. The molecule has 7 nitrogen and oxygen atoms in total. The van der Waals surface area contributed by atoms with E-state index in [-0.39, 0.29) is 10.9 Å². The highest BCUT2D eigenvalue weighted by atomic mass is 32.2. The van der Waals surface area contributed by atoms with Crippen molar-refractivity contribution in [3.8, 4) is 11.5 Å². The molecule has 0 aliphatic rings. The predicted molar refractivity (Wildman–Crippen MR) is 105 cm³/mol. The summed E-state index contributed by atoms with van der Waals surface area (Å²) in [6.07, 6.45) is 0. The Labute approximate surface area is 158 Å². The summed E-state index contributed by atoms with van der Waals surface area (Å²) in [6.45, 7) is 1.94. The molecule has 0 fully saturated rings. The Morgan fingerprint density at radius 2 is 1.77 bits per heavy atom. The van der Waals surface area contributed by atoms with Crippen LogP contribution in [-0.2, 0) is 10.0 Å². The molecule has 0 saturated carbocycles. The Morgan fingerprint density at radius 1 is 1.12 bits per heavy atom. The molecule has 0 saturated heterocycles. The number of primary sulfonamides is 1. The SMILES string of the molecule is COc1ccc(OC)c([C@H](C)NC(=S)Nc2ccc(S(N)(=O)=O)cc2)c1. The molecule has 1 atom stereocenters. The van der Waals surface area contributed by atoms with Crippen LogP contribution in [0, 0.1) is 0 Å². The van der Waals surface area contributed by atoms with Crippen molar-refractivity contribution in [2.75, 3.05) is 19.5 Å². The van der Waals surface area contributed by atoms with Crippen LogP contribution in [0.15, 0.2) is 47.4 Å². The molecular formula is C17H21N3O4S2. The van der Waals surface area contributed by atoms with Crippen LogP contribution >= 0.6 is 12.2 Å². The molecule has 2 rings (SSSR count). The van der Waals surface area contributed by atoms with E-state index in [1.807, 2.05) is 25.1 Å². The first-order chi connectivity index (χ1) is 12.2. The molecule has 26 heavy (non-hydrogen) atoms. The van der Waals surface area contributed by atoms with Gasteiger partial charge in [-0.05, 0) is 61.6 Å². The van der Waals surface area contributed by atoms with Crippen LogP contribution in [0.3, 0.4) is 0 Å². The molecule has 4 N–H and O–H groups in total. The Bertz CT molecular complexity index is 883. The molecule has 0 aliphatic carbocycles. The van der Waals surface area contributed by atoms with Gasteiger partial charge in [-0.1, -0.05) is 0 Å². The first-order valence-corrected chi connectivity index (χ1v) is 9.62. The van der Waals surface area contributed by atoms with Crippen LogP contribution in [0.4, 0.5) is 5.69 Å². The summed E-state index contributed by atoms with van der Waals surface area (Å²) >= 11 is 5.32. The monoisotopic (exact) mass is 395 g/mol. The van der Waals surface area contributed by atoms with Gasteiger partial charge in [0, 0.05) is 11.3 Å². The zero-order valence-corrected chi connectivity index (χ0v) is 16.3. The maximum Gasteiger partial charge on any atom is 0.238 e. The minimum atomic E-state index is -3.72. The van der Waals surface area contributed by atoms with Gasteiger partial charge in [0.05, 0.1) is 25.2 Å². The number of nitrogens with two attached hydrogens (primary N) is 1. The largest absolute Gasteiger partial charge is 0.497 e. The average molecular weight is 396 g/mol. The highest BCUT2D eigenvalue weighted by Crippen LogP contribution is 2.29. The number of sulfonamides is 1. The van der Waals surface area contributed by atoms with Gasteiger partial charge in [0.2, 0.25) is 10.0 Å². The van der Waals surface area contributed by atoms with Crippen LogP contribution in [0.2, 0.25) is 0 Å². The fraction of sp³-hybridized carbons (Fsp3) is 0.235. The fourth-order valence-corrected chi connectivity index (χ4v) is 3.16. The number of benzene rings is 2. The zero-order chi connectivity index (χ0) is 19.3. The lowest BCUT2D eigenvalue weighted by Crippen LogP contribution is -2.31. The van der Waals surface area contributed by atoms with Gasteiger partial charge in [-0.2, -0.15) is 0 Å². The van der Waals surface area contributed by atoms with Crippen LogP contribution in [0.25, 0.3) is 0 Å². The average Bonchev–Trinajstić information content (AvgIpc) is 2.60. The second-order valence-corrected chi connectivity index (χ2v) is 7.47. The molecular weight excluding hydrogens is 374 g/mol. The van der Waals surface area contributed by atoms with Gasteiger partial charge < -0.3 is 20.1 Å². The van der Waals surface area contributed by atoms with Gasteiger partial charge in [-0.3, -0.25) is 0 Å². The minimum absolute atomic E-state index is 0.0383. The summed E-state index contributed by atoms with van der Waals surface area (Å²) in [6, 6.07) is 11.4. The topological polar surface area (TPSA) is 103 Å². The summed E-state index contributed by atoms with van der Waals surface area (Å²) in [5.74, 6) is 1.43. The van der Waals surface area contributed by atoms with Crippen molar-refractivity contribution < 1.29 is 17.9 Å². The lowest BCUT2D eigenvalue weighted by atomic mass is 10.1. The smallest absolute Gasteiger partial charge is 0.238 e. The summed E-state index contributed by atoms with van der Waals surface area (Å²) in [5, 5.41) is 11.6. The summed E-state index contributed by atoms with van der Waals surface area (Å²) < 4.78 is 33.2. The third-order valence-corrected chi connectivity index (χ3v) is 4.84. The zero-order valence-electron chi connectivity index (χ0n) is 14.6. The van der Waals surface area contributed by atoms with Gasteiger partial charge >= 0.3 is 0 Å². The Morgan fingerprint density at radius 3 is 2.31 bits per heavy atom. The number of methoxy groups -OCH3 is 2. The Kier molecular flexibility index (Phi) is 6.41. The number of rotatable bonds is 6. The van der Waals surface area contributed by atoms with E-state index in [2.05, 4.69) is 10.6 Å². The molecule has 9 heteroatoms. The molecule has 0 bridgehead atoms. The molecule has 0 aromatic heterocycles. The number of nitrogens with one attached hydrogen (secondary N) is 2. The van der Waals surface area contributed by atoms with Crippen molar-refractivity contribution in [1.29, 1.82) is 0 Å². The van der Waals surface area contributed by atoms with Crippen molar-refractivity contribution in [1.82, 2.24) is 5.32 Å². The van der Waals surface area contributed by atoms with Gasteiger partial charge in [-0.15, -0.1) is 0 Å². The van der Waals surface area contributed by atoms with Crippen molar-refractivity contribution in [2.45, 2.75) is 17.9 Å². The van der Waals surface area contributed by atoms with E-state index in [0.29, 0.717) is 22.3 Å². The molecule has 0 heterocycles. The number of hydrogen-bond acceptors (Lipinski definition) is 5. The van der Waals surface area contributed by atoms with Gasteiger partial charge in [0.15, 0.2) is 5.11 Å². The predicted octanol–water partition coefficient (Wildman–Crippen LogP) is 2.40. The van der Waals surface area contributed by atoms with E-state index in [0.717, 1.165) is 5.56 Å². The molecule has 2 aromatic rings. The van der Waals surface area contributed by atoms with Crippen LogP contribution in [-0.4, -0.2) is 27.7 Å². The number of thiocarbonyl (C=S) groups is 1. The van der Waals surface area contributed by atoms with E-state index in [1.54, 1.807) is 26.4 Å². The van der Waals surface area contributed by atoms with Crippen LogP contribution in [0.5, 0.6) is 11.5 Å². The Balaban J connectivity index is 2.08. The highest BCUT2D eigenvalue weighted by molar-refractivity contribution is 7.89. The maximum atomic E-state index is 11.3. The lowest BCUT2D eigenvalue weighted by Gasteiger charge is -2.20. The molecule has 0 amide bonds. The molecule has 0 aliphatic heterocycles. The van der Waals surface area contributed by atoms with Crippen LogP contribution < -0.4 is 25.2 Å². The number of hydrogen-bond donors (Lipinski definition) is 3. The molecule has 0 radical (unpaired) electrons. The van der Waals surface area contributed by atoms with E-state index in [1.165, 1.54) is 12.1 Å². The minimum Gasteiger partial charge on any atom is -0.497 e. The molecule has 2 aromatic carbocycles. The van der Waals surface area contributed by atoms with E-state index >= 15 is 0 Å². The Hall–Kier alpha value is -2.36. The highest BCUT2D eigenvalue weighted by Gasteiger charge is 2.14. The molecule has 140 valence electrons. The second kappa shape index (κ2) is 8.35. The second-order valence-electron chi connectivity index (χ2n) is 5.50. The number of ether oxygens (including phenoxy) is 2.